The normalized spacial score (nSPS) is 10.9. The maximum atomic E-state index is 4.36. The third-order valence-corrected chi connectivity index (χ3v) is 3.30. The highest BCUT2D eigenvalue weighted by atomic mass is 79.9. The summed E-state index contributed by atoms with van der Waals surface area (Å²) in [5.41, 5.74) is 4.05. The van der Waals surface area contributed by atoms with Gasteiger partial charge in [-0.05, 0) is 24.5 Å². The quantitative estimate of drug-likeness (QED) is 0.442. The van der Waals surface area contributed by atoms with Gasteiger partial charge in [0.1, 0.15) is 0 Å². The Hall–Kier alpha value is -0.480. The third-order valence-electron chi connectivity index (χ3n) is 1.82. The molecule has 18 heavy (non-hydrogen) atoms. The highest BCUT2D eigenvalue weighted by Crippen LogP contribution is 2.16. The van der Waals surface area contributed by atoms with Crippen molar-refractivity contribution >= 4 is 38.4 Å². The van der Waals surface area contributed by atoms with E-state index in [0.29, 0.717) is 5.92 Å². The summed E-state index contributed by atoms with van der Waals surface area (Å²) >= 11 is 5.10. The first kappa shape index (κ1) is 17.5. The Kier molecular flexibility index (Phi) is 10.2. The molecule has 0 atom stereocenters. The van der Waals surface area contributed by atoms with Crippen LogP contribution in [0.1, 0.15) is 34.1 Å². The number of hydrogen-bond acceptors (Lipinski definition) is 3. The molecule has 1 aromatic carbocycles. The van der Waals surface area contributed by atoms with Crippen LogP contribution in [0.15, 0.2) is 33.8 Å². The van der Waals surface area contributed by atoms with E-state index in [9.17, 15) is 0 Å². The van der Waals surface area contributed by atoms with E-state index in [1.807, 2.05) is 30.5 Å². The van der Waals surface area contributed by atoms with E-state index in [-0.39, 0.29) is 0 Å². The van der Waals surface area contributed by atoms with Crippen LogP contribution in [-0.4, -0.2) is 11.3 Å². The number of halogens is 1. The molecule has 0 radical (unpaired) electrons. The van der Waals surface area contributed by atoms with Crippen LogP contribution < -0.4 is 5.43 Å². The van der Waals surface area contributed by atoms with E-state index in [0.717, 1.165) is 15.2 Å². The number of nitrogens with zero attached hydrogens (tertiary/aromatic N) is 1. The Morgan fingerprint density at radius 1 is 1.39 bits per heavy atom. The van der Waals surface area contributed by atoms with Crippen LogP contribution in [0.3, 0.4) is 0 Å². The van der Waals surface area contributed by atoms with E-state index in [1.165, 1.54) is 6.42 Å². The molecule has 0 bridgehead atoms. The Balaban J connectivity index is 0.000000873. The smallest absolute Gasteiger partial charge is 0.0958 e. The Morgan fingerprint density at radius 2 is 2.00 bits per heavy atom. The molecule has 0 aromatic heterocycles. The minimum atomic E-state index is 0.458. The lowest BCUT2D eigenvalue weighted by atomic mass is 10.2. The van der Waals surface area contributed by atoms with Crippen LogP contribution >= 0.6 is 27.7 Å². The van der Waals surface area contributed by atoms with Gasteiger partial charge in [-0.25, -0.2) is 0 Å². The molecule has 1 N–H and O–H groups in total. The van der Waals surface area contributed by atoms with Crippen LogP contribution in [0.2, 0.25) is 0 Å². The van der Waals surface area contributed by atoms with E-state index in [1.54, 1.807) is 11.8 Å². The van der Waals surface area contributed by atoms with Gasteiger partial charge in [0.05, 0.1) is 10.7 Å². The van der Waals surface area contributed by atoms with Gasteiger partial charge in [-0.3, -0.25) is 5.43 Å². The fourth-order valence-electron chi connectivity index (χ4n) is 1.09. The number of nitrogens with one attached hydrogen (secondary N) is 1. The number of hydrogen-bond donors (Lipinski definition) is 1. The molecule has 1 aromatic rings. The van der Waals surface area contributed by atoms with Crippen LogP contribution in [0, 0.1) is 5.92 Å². The molecule has 2 nitrogen and oxygen atoms in total. The zero-order valence-corrected chi connectivity index (χ0v) is 14.2. The SMILES string of the molecule is CCC.CS/C(=N\Nc1cccc(Br)c1)C(C)C. The predicted molar refractivity (Wildman–Crippen MR) is 89.5 cm³/mol. The van der Waals surface area contributed by atoms with Gasteiger partial charge in [0.15, 0.2) is 0 Å². The summed E-state index contributed by atoms with van der Waals surface area (Å²) in [6.07, 6.45) is 3.29. The van der Waals surface area contributed by atoms with Crippen molar-refractivity contribution in [1.29, 1.82) is 0 Å². The Bertz CT molecular complexity index is 365. The molecule has 102 valence electrons. The molecule has 0 unspecified atom stereocenters. The van der Waals surface area contributed by atoms with Gasteiger partial charge in [0.25, 0.3) is 0 Å². The second-order valence-corrected chi connectivity index (χ2v) is 5.88. The number of thioether (sulfide) groups is 1. The number of benzene rings is 1. The molecule has 0 heterocycles. The van der Waals surface area contributed by atoms with E-state index >= 15 is 0 Å². The summed E-state index contributed by atoms with van der Waals surface area (Å²) in [5, 5.41) is 5.47. The molecule has 0 fully saturated rings. The molecule has 0 amide bonds. The van der Waals surface area contributed by atoms with Crippen molar-refractivity contribution in [3.05, 3.63) is 28.7 Å². The summed E-state index contributed by atoms with van der Waals surface area (Å²) in [6.45, 7) is 8.52. The summed E-state index contributed by atoms with van der Waals surface area (Å²) in [7, 11) is 0. The van der Waals surface area contributed by atoms with Gasteiger partial charge in [-0.1, -0.05) is 56.1 Å². The fraction of sp³-hybridized carbons (Fsp3) is 0.500. The van der Waals surface area contributed by atoms with Gasteiger partial charge >= 0.3 is 0 Å². The summed E-state index contributed by atoms with van der Waals surface area (Å²) in [4.78, 5) is 0. The van der Waals surface area contributed by atoms with Crippen LogP contribution in [-0.2, 0) is 0 Å². The first-order valence-corrected chi connectivity index (χ1v) is 8.20. The zero-order chi connectivity index (χ0) is 14.0. The molecule has 1 rings (SSSR count). The molecular weight excluding hydrogens is 308 g/mol. The van der Waals surface area contributed by atoms with Crippen molar-refractivity contribution in [2.75, 3.05) is 11.7 Å². The number of hydrazone groups is 1. The molecule has 0 aliphatic rings. The van der Waals surface area contributed by atoms with Gasteiger partial charge in [-0.2, -0.15) is 5.10 Å². The molecule has 0 saturated heterocycles. The van der Waals surface area contributed by atoms with Crippen molar-refractivity contribution in [3.63, 3.8) is 0 Å². The van der Waals surface area contributed by atoms with Crippen molar-refractivity contribution in [3.8, 4) is 0 Å². The molecule has 0 saturated carbocycles. The summed E-state index contributed by atoms with van der Waals surface area (Å²) in [6, 6.07) is 7.97. The summed E-state index contributed by atoms with van der Waals surface area (Å²) in [5.74, 6) is 0.458. The van der Waals surface area contributed by atoms with Crippen molar-refractivity contribution < 1.29 is 0 Å². The minimum Gasteiger partial charge on any atom is -0.278 e. The second kappa shape index (κ2) is 10.4. The van der Waals surface area contributed by atoms with Crippen molar-refractivity contribution in [1.82, 2.24) is 0 Å². The van der Waals surface area contributed by atoms with Crippen molar-refractivity contribution in [2.24, 2.45) is 11.0 Å². The Morgan fingerprint density at radius 3 is 2.44 bits per heavy atom. The number of anilines is 1. The maximum absolute atomic E-state index is 4.36. The predicted octanol–water partition coefficient (Wildman–Crippen LogP) is 5.61. The first-order valence-electron chi connectivity index (χ1n) is 6.18. The average molecular weight is 331 g/mol. The van der Waals surface area contributed by atoms with Crippen LogP contribution in [0.4, 0.5) is 5.69 Å². The molecular formula is C14H23BrN2S. The van der Waals surface area contributed by atoms with Gasteiger partial charge in [0, 0.05) is 10.4 Å². The lowest BCUT2D eigenvalue weighted by Gasteiger charge is -2.07. The lowest BCUT2D eigenvalue weighted by Crippen LogP contribution is -2.05. The fourth-order valence-corrected chi connectivity index (χ4v) is 2.10. The van der Waals surface area contributed by atoms with Crippen LogP contribution in [0.5, 0.6) is 0 Å². The number of rotatable bonds is 3. The molecule has 0 aliphatic heterocycles. The van der Waals surface area contributed by atoms with E-state index in [4.69, 9.17) is 0 Å². The summed E-state index contributed by atoms with van der Waals surface area (Å²) < 4.78 is 1.05. The average Bonchev–Trinajstić information content (AvgIpc) is 2.30. The first-order chi connectivity index (χ1) is 8.54. The van der Waals surface area contributed by atoms with Gasteiger partial charge in [-0.15, -0.1) is 11.8 Å². The lowest BCUT2D eigenvalue weighted by molar-refractivity contribution is 0.897. The van der Waals surface area contributed by atoms with E-state index < -0.39 is 0 Å². The zero-order valence-electron chi connectivity index (χ0n) is 11.8. The largest absolute Gasteiger partial charge is 0.278 e. The molecule has 4 heteroatoms. The third kappa shape index (κ3) is 7.77. The van der Waals surface area contributed by atoms with Gasteiger partial charge < -0.3 is 0 Å². The molecule has 0 spiro atoms. The standard InChI is InChI=1S/C11H15BrN2S.C3H8/c1-8(2)11(15-3)14-13-10-6-4-5-9(12)7-10;1-3-2/h4-8,13H,1-3H3;3H2,1-2H3/b14-11-;. The highest BCUT2D eigenvalue weighted by Gasteiger charge is 2.02. The monoisotopic (exact) mass is 330 g/mol. The maximum Gasteiger partial charge on any atom is 0.0958 e. The van der Waals surface area contributed by atoms with Gasteiger partial charge in [0.2, 0.25) is 0 Å². The second-order valence-electron chi connectivity index (χ2n) is 4.14. The molecule has 0 aliphatic carbocycles. The van der Waals surface area contributed by atoms with Crippen LogP contribution in [0.25, 0.3) is 0 Å². The van der Waals surface area contributed by atoms with E-state index in [2.05, 4.69) is 54.2 Å². The topological polar surface area (TPSA) is 24.4 Å². The Labute approximate surface area is 124 Å². The highest BCUT2D eigenvalue weighted by molar-refractivity contribution is 9.10. The minimum absolute atomic E-state index is 0.458. The van der Waals surface area contributed by atoms with Crippen molar-refractivity contribution in [2.45, 2.75) is 34.1 Å².